The molecule has 2 aromatic carbocycles. The van der Waals surface area contributed by atoms with Crippen LogP contribution in [0.15, 0.2) is 70.7 Å². The number of hydrogen-bond acceptors (Lipinski definition) is 8. The van der Waals surface area contributed by atoms with Gasteiger partial charge >= 0.3 is 5.97 Å². The molecule has 0 saturated heterocycles. The van der Waals surface area contributed by atoms with Crippen LogP contribution in [0, 0.1) is 11.7 Å². The number of hydrogen-bond donors (Lipinski definition) is 2. The van der Waals surface area contributed by atoms with Gasteiger partial charge in [-0.15, -0.1) is 11.3 Å². The fraction of sp³-hybridized carbons (Fsp3) is 0.281. The van der Waals surface area contributed by atoms with E-state index in [1.807, 2.05) is 0 Å². The predicted molar refractivity (Wildman–Crippen MR) is 167 cm³/mol. The van der Waals surface area contributed by atoms with Crippen LogP contribution in [0.2, 0.25) is 0 Å². The maximum absolute atomic E-state index is 15.5. The van der Waals surface area contributed by atoms with Crippen LogP contribution in [0.3, 0.4) is 0 Å². The molecule has 0 spiro atoms. The van der Waals surface area contributed by atoms with Crippen molar-refractivity contribution < 1.29 is 36.6 Å². The van der Waals surface area contributed by atoms with E-state index in [1.54, 1.807) is 35.0 Å². The van der Waals surface area contributed by atoms with Crippen LogP contribution in [0.5, 0.6) is 5.75 Å². The molecule has 0 bridgehead atoms. The topological polar surface area (TPSA) is 147 Å². The summed E-state index contributed by atoms with van der Waals surface area (Å²) in [6.07, 6.45) is 5.62. The number of aromatic carboxylic acids is 1. The minimum absolute atomic E-state index is 0.0445. The number of carbonyl (C=O) groups is 1. The first-order valence-electron chi connectivity index (χ1n) is 14.3. The molecule has 2 aliphatic rings. The first kappa shape index (κ1) is 31.7. The van der Waals surface area contributed by atoms with Crippen LogP contribution in [-0.2, 0) is 33.2 Å². The Morgan fingerprint density at radius 1 is 1.20 bits per heavy atom. The fourth-order valence-electron chi connectivity index (χ4n) is 5.69. The molecule has 10 nitrogen and oxygen atoms in total. The molecule has 2 heterocycles. The van der Waals surface area contributed by atoms with Crippen molar-refractivity contribution in [1.82, 2.24) is 14.8 Å². The van der Waals surface area contributed by atoms with Crippen molar-refractivity contribution in [1.29, 1.82) is 0 Å². The molecule has 0 radical (unpaired) electrons. The number of sulfonamides is 1. The summed E-state index contributed by atoms with van der Waals surface area (Å²) in [5.74, 6) is -1.74. The molecule has 240 valence electrons. The van der Waals surface area contributed by atoms with Gasteiger partial charge in [0.1, 0.15) is 33.6 Å². The van der Waals surface area contributed by atoms with Gasteiger partial charge in [-0.1, -0.05) is 18.2 Å². The third-order valence-corrected chi connectivity index (χ3v) is 10.0. The number of methoxy groups -OCH3 is 2. The fourth-order valence-corrected chi connectivity index (χ4v) is 7.05. The lowest BCUT2D eigenvalue weighted by molar-refractivity contribution is 0.0274. The molecule has 2 aromatic heterocycles. The van der Waals surface area contributed by atoms with E-state index in [9.17, 15) is 18.3 Å². The van der Waals surface area contributed by atoms with Gasteiger partial charge in [-0.05, 0) is 78.3 Å². The van der Waals surface area contributed by atoms with Crippen molar-refractivity contribution in [3.8, 4) is 10.9 Å². The maximum Gasteiger partial charge on any atom is 0.355 e. The molecule has 2 aliphatic carbocycles. The number of carboxylic acids is 1. The van der Waals surface area contributed by atoms with E-state index < -0.39 is 38.1 Å². The van der Waals surface area contributed by atoms with E-state index in [0.29, 0.717) is 51.2 Å². The van der Waals surface area contributed by atoms with Crippen molar-refractivity contribution in [3.05, 3.63) is 105 Å². The first-order valence-corrected chi connectivity index (χ1v) is 16.7. The average molecular weight is 669 g/mol. The number of rotatable bonds is 11. The third-order valence-electron chi connectivity index (χ3n) is 8.25. The molecule has 1 saturated carbocycles. The summed E-state index contributed by atoms with van der Waals surface area (Å²) in [4.78, 5) is 15.4. The van der Waals surface area contributed by atoms with Gasteiger partial charge in [0.05, 0.1) is 12.8 Å². The van der Waals surface area contributed by atoms with Crippen LogP contribution in [-0.4, -0.2) is 48.5 Å². The zero-order valence-electron chi connectivity index (χ0n) is 24.9. The number of carboxylic acid groups (broad SMARTS) is 1. The molecule has 0 aliphatic heterocycles. The molecule has 14 heteroatoms. The molecule has 1 atom stereocenters. The lowest BCUT2D eigenvalue weighted by Crippen LogP contribution is -2.30. The summed E-state index contributed by atoms with van der Waals surface area (Å²) >= 11 is 1.11. The molecule has 4 aromatic rings. The standard InChI is InChI=1S/C32H30F2N4O6S2/c1-43-21-5-3-4-20(15-21)23-16-32(44-2,11-10-24(23)33)29-22(12-19-8-9-28(25(34)13-19)46(35,41)42)27(14-18-6-7-18)38(37-29)31-36-26(17-45-31)30(39)40/h3-5,8-11,13,15,17-18H,6-7,12,14,16H2,1-2H3,(H,39,40)(H2,35,41,42). The van der Waals surface area contributed by atoms with Crippen molar-refractivity contribution >= 4 is 32.9 Å². The second-order valence-electron chi connectivity index (χ2n) is 11.3. The highest BCUT2D eigenvalue weighted by Crippen LogP contribution is 2.46. The summed E-state index contributed by atoms with van der Waals surface area (Å²) in [6, 6.07) is 10.7. The zero-order chi connectivity index (χ0) is 32.8. The average Bonchev–Trinajstić information content (AvgIpc) is 3.58. The minimum Gasteiger partial charge on any atom is -0.497 e. The Morgan fingerprint density at radius 3 is 2.61 bits per heavy atom. The molecular weight excluding hydrogens is 639 g/mol. The van der Waals surface area contributed by atoms with Crippen molar-refractivity contribution in [2.24, 2.45) is 11.1 Å². The van der Waals surface area contributed by atoms with E-state index in [1.165, 1.54) is 31.7 Å². The Bertz CT molecular complexity index is 2020. The summed E-state index contributed by atoms with van der Waals surface area (Å²) < 4.78 is 67.4. The lowest BCUT2D eigenvalue weighted by Gasteiger charge is -2.32. The molecular formula is C32H30F2N4O6S2. The molecule has 1 unspecified atom stereocenters. The number of primary sulfonamides is 1. The molecule has 3 N–H and O–H groups in total. The molecule has 1 fully saturated rings. The van der Waals surface area contributed by atoms with E-state index in [2.05, 4.69) is 4.98 Å². The van der Waals surface area contributed by atoms with Crippen molar-refractivity contribution in [3.63, 3.8) is 0 Å². The van der Waals surface area contributed by atoms with Gasteiger partial charge in [0.2, 0.25) is 15.2 Å². The Labute approximate surface area is 267 Å². The van der Waals surface area contributed by atoms with E-state index >= 15 is 8.78 Å². The Balaban J connectivity index is 1.54. The van der Waals surface area contributed by atoms with Crippen LogP contribution >= 0.6 is 11.3 Å². The zero-order valence-corrected chi connectivity index (χ0v) is 26.5. The summed E-state index contributed by atoms with van der Waals surface area (Å²) in [7, 11) is -1.26. The highest BCUT2D eigenvalue weighted by Gasteiger charge is 2.42. The summed E-state index contributed by atoms with van der Waals surface area (Å²) in [5.41, 5.74) is 1.75. The Hall–Kier alpha value is -4.24. The highest BCUT2D eigenvalue weighted by atomic mass is 32.2. The number of nitrogens with two attached hydrogens (primary N) is 1. The lowest BCUT2D eigenvalue weighted by atomic mass is 9.81. The van der Waals surface area contributed by atoms with Gasteiger partial charge < -0.3 is 14.6 Å². The quantitative estimate of drug-likeness (QED) is 0.212. The van der Waals surface area contributed by atoms with Crippen molar-refractivity contribution in [2.45, 2.75) is 42.6 Å². The smallest absolute Gasteiger partial charge is 0.355 e. The van der Waals surface area contributed by atoms with E-state index in [4.69, 9.17) is 19.7 Å². The minimum atomic E-state index is -4.28. The van der Waals surface area contributed by atoms with Gasteiger partial charge in [0, 0.05) is 30.9 Å². The number of benzene rings is 2. The number of aromatic nitrogens is 3. The first-order chi connectivity index (χ1) is 21.9. The van der Waals surface area contributed by atoms with Crippen LogP contribution < -0.4 is 9.88 Å². The molecule has 46 heavy (non-hydrogen) atoms. The van der Waals surface area contributed by atoms with Crippen LogP contribution in [0.1, 0.15) is 57.8 Å². The van der Waals surface area contributed by atoms with Crippen LogP contribution in [0.4, 0.5) is 8.78 Å². The van der Waals surface area contributed by atoms with Gasteiger partial charge in [-0.25, -0.2) is 36.8 Å². The van der Waals surface area contributed by atoms with E-state index in [-0.39, 0.29) is 18.5 Å². The van der Waals surface area contributed by atoms with Crippen LogP contribution in [0.25, 0.3) is 10.7 Å². The largest absolute Gasteiger partial charge is 0.497 e. The number of ether oxygens (including phenoxy) is 2. The van der Waals surface area contributed by atoms with Gasteiger partial charge in [-0.3, -0.25) is 0 Å². The third kappa shape index (κ3) is 6.12. The summed E-state index contributed by atoms with van der Waals surface area (Å²) in [6.45, 7) is 0. The number of allylic oxidation sites excluding steroid dienone is 2. The highest BCUT2D eigenvalue weighted by molar-refractivity contribution is 7.89. The Morgan fingerprint density at radius 2 is 1.98 bits per heavy atom. The second kappa shape index (κ2) is 12.2. The molecule has 0 amide bonds. The second-order valence-corrected chi connectivity index (χ2v) is 13.7. The van der Waals surface area contributed by atoms with Gasteiger partial charge in [0.25, 0.3) is 0 Å². The number of thiazole rings is 1. The normalized spacial score (nSPS) is 18.3. The maximum atomic E-state index is 15.5. The monoisotopic (exact) mass is 668 g/mol. The summed E-state index contributed by atoms with van der Waals surface area (Å²) in [5, 5.41) is 21.5. The predicted octanol–water partition coefficient (Wildman–Crippen LogP) is 5.55. The van der Waals surface area contributed by atoms with E-state index in [0.717, 1.165) is 42.0 Å². The Kier molecular flexibility index (Phi) is 8.40. The van der Waals surface area contributed by atoms with Crippen molar-refractivity contribution in [2.75, 3.05) is 14.2 Å². The molecule has 6 rings (SSSR count). The number of nitrogens with zero attached hydrogens (tertiary/aromatic N) is 3. The SMILES string of the molecule is COc1cccc(C2=C(F)C=CC(OC)(c3nn(-c4nc(C(=O)O)cs4)c(CC4CC4)c3Cc3ccc(S(N)(=O)=O)c(F)c3)C2)c1. The number of halogens is 2. The van der Waals surface area contributed by atoms with Gasteiger partial charge in [0.15, 0.2) is 5.69 Å². The van der Waals surface area contributed by atoms with Gasteiger partial charge in [-0.2, -0.15) is 5.10 Å².